The van der Waals surface area contributed by atoms with Gasteiger partial charge in [0.15, 0.2) is 0 Å². The Balaban J connectivity index is 1.67. The Morgan fingerprint density at radius 3 is 2.43 bits per heavy atom. The number of carbonyl (C=O) groups excluding carboxylic acids is 3. The summed E-state index contributed by atoms with van der Waals surface area (Å²) in [5.41, 5.74) is 0.871. The molecule has 0 aliphatic carbocycles. The number of hydrogen-bond acceptors (Lipinski definition) is 3. The molecule has 2 saturated heterocycles. The first kappa shape index (κ1) is 22.3. The van der Waals surface area contributed by atoms with Gasteiger partial charge in [-0.15, -0.1) is 0 Å². The van der Waals surface area contributed by atoms with Crippen LogP contribution in [0.2, 0.25) is 0 Å². The first-order valence-corrected chi connectivity index (χ1v) is 11.4. The molecule has 3 amide bonds. The number of nitrogens with zero attached hydrogens (tertiary/aromatic N) is 3. The molecular formula is C24H35N3O3. The summed E-state index contributed by atoms with van der Waals surface area (Å²) in [6.07, 6.45) is 5.81. The second kappa shape index (κ2) is 10.6. The molecule has 0 saturated carbocycles. The third-order valence-electron chi connectivity index (χ3n) is 6.40. The van der Waals surface area contributed by atoms with E-state index in [0.717, 1.165) is 37.8 Å². The number of hydrogen-bond donors (Lipinski definition) is 0. The van der Waals surface area contributed by atoms with E-state index in [1.165, 1.54) is 0 Å². The number of carbonyl (C=O) groups is 3. The third kappa shape index (κ3) is 5.21. The van der Waals surface area contributed by atoms with Gasteiger partial charge in [-0.25, -0.2) is 0 Å². The van der Waals surface area contributed by atoms with Crippen LogP contribution in [0.15, 0.2) is 30.3 Å². The molecular weight excluding hydrogens is 378 g/mol. The molecule has 2 aliphatic rings. The van der Waals surface area contributed by atoms with Crippen LogP contribution < -0.4 is 0 Å². The predicted molar refractivity (Wildman–Crippen MR) is 117 cm³/mol. The van der Waals surface area contributed by atoms with Gasteiger partial charge in [-0.2, -0.15) is 0 Å². The third-order valence-corrected chi connectivity index (χ3v) is 6.40. The molecule has 1 atom stereocenters. The molecule has 30 heavy (non-hydrogen) atoms. The maximum absolute atomic E-state index is 13.5. The van der Waals surface area contributed by atoms with Crippen LogP contribution in [0.1, 0.15) is 63.5 Å². The van der Waals surface area contributed by atoms with Crippen LogP contribution in [0, 0.1) is 5.92 Å². The molecule has 3 rings (SSSR count). The number of rotatable bonds is 7. The molecule has 2 heterocycles. The van der Waals surface area contributed by atoms with Crippen molar-refractivity contribution in [2.45, 2.75) is 57.9 Å². The van der Waals surface area contributed by atoms with Crippen LogP contribution >= 0.6 is 0 Å². The Kier molecular flexibility index (Phi) is 7.88. The lowest BCUT2D eigenvalue weighted by atomic mass is 9.93. The summed E-state index contributed by atoms with van der Waals surface area (Å²) in [6, 6.07) is 9.07. The van der Waals surface area contributed by atoms with Crippen molar-refractivity contribution in [2.75, 3.05) is 33.2 Å². The van der Waals surface area contributed by atoms with E-state index < -0.39 is 6.04 Å². The van der Waals surface area contributed by atoms with Crippen molar-refractivity contribution in [1.82, 2.24) is 14.7 Å². The van der Waals surface area contributed by atoms with E-state index in [2.05, 4.69) is 6.92 Å². The zero-order valence-corrected chi connectivity index (χ0v) is 18.4. The first-order valence-electron chi connectivity index (χ1n) is 11.4. The zero-order valence-electron chi connectivity index (χ0n) is 18.4. The van der Waals surface area contributed by atoms with Gasteiger partial charge in [-0.1, -0.05) is 43.7 Å². The molecule has 0 bridgehead atoms. The Morgan fingerprint density at radius 2 is 1.80 bits per heavy atom. The van der Waals surface area contributed by atoms with Crippen molar-refractivity contribution in [3.63, 3.8) is 0 Å². The smallest absolute Gasteiger partial charge is 0.250 e. The van der Waals surface area contributed by atoms with Gasteiger partial charge in [-0.05, 0) is 37.7 Å². The van der Waals surface area contributed by atoms with E-state index in [9.17, 15) is 14.4 Å². The highest BCUT2D eigenvalue weighted by Crippen LogP contribution is 2.29. The van der Waals surface area contributed by atoms with Gasteiger partial charge in [0, 0.05) is 45.6 Å². The normalized spacial score (nSPS) is 18.9. The van der Waals surface area contributed by atoms with Crippen LogP contribution in [0.3, 0.4) is 0 Å². The van der Waals surface area contributed by atoms with E-state index in [0.29, 0.717) is 38.9 Å². The maximum Gasteiger partial charge on any atom is 0.250 e. The van der Waals surface area contributed by atoms with Gasteiger partial charge in [0.25, 0.3) is 0 Å². The molecule has 6 nitrogen and oxygen atoms in total. The summed E-state index contributed by atoms with van der Waals surface area (Å²) in [4.78, 5) is 44.3. The van der Waals surface area contributed by atoms with E-state index in [1.807, 2.05) is 47.2 Å². The number of amides is 3. The molecule has 2 fully saturated rings. The maximum atomic E-state index is 13.5. The quantitative estimate of drug-likeness (QED) is 0.689. The molecule has 0 radical (unpaired) electrons. The number of piperidine rings is 2. The minimum absolute atomic E-state index is 0.0114. The van der Waals surface area contributed by atoms with Crippen molar-refractivity contribution in [1.29, 1.82) is 0 Å². The van der Waals surface area contributed by atoms with Crippen molar-refractivity contribution >= 4 is 17.7 Å². The van der Waals surface area contributed by atoms with Crippen LogP contribution in [0.5, 0.6) is 0 Å². The van der Waals surface area contributed by atoms with E-state index in [1.54, 1.807) is 4.90 Å². The fraction of sp³-hybridized carbons (Fsp3) is 0.625. The minimum Gasteiger partial charge on any atom is -0.346 e. The van der Waals surface area contributed by atoms with Gasteiger partial charge in [-0.3, -0.25) is 14.4 Å². The van der Waals surface area contributed by atoms with Crippen molar-refractivity contribution in [3.05, 3.63) is 35.9 Å². The van der Waals surface area contributed by atoms with Gasteiger partial charge in [0.2, 0.25) is 17.7 Å². The zero-order chi connectivity index (χ0) is 21.5. The van der Waals surface area contributed by atoms with Crippen molar-refractivity contribution < 1.29 is 14.4 Å². The monoisotopic (exact) mass is 413 g/mol. The van der Waals surface area contributed by atoms with E-state index in [4.69, 9.17) is 0 Å². The highest BCUT2D eigenvalue weighted by atomic mass is 16.2. The Morgan fingerprint density at radius 1 is 1.10 bits per heavy atom. The Labute approximate surface area is 180 Å². The molecule has 164 valence electrons. The Bertz CT molecular complexity index is 728. The lowest BCUT2D eigenvalue weighted by Crippen LogP contribution is -2.50. The van der Waals surface area contributed by atoms with Crippen LogP contribution in [0.4, 0.5) is 0 Å². The second-order valence-corrected chi connectivity index (χ2v) is 8.57. The molecule has 0 spiro atoms. The summed E-state index contributed by atoms with van der Waals surface area (Å²) in [5.74, 6) is 0.233. The molecule has 1 unspecified atom stereocenters. The van der Waals surface area contributed by atoms with E-state index in [-0.39, 0.29) is 23.6 Å². The van der Waals surface area contributed by atoms with Crippen molar-refractivity contribution in [2.24, 2.45) is 5.92 Å². The lowest BCUT2D eigenvalue weighted by molar-refractivity contribution is -0.149. The fourth-order valence-electron chi connectivity index (χ4n) is 4.53. The standard InChI is InChI=1S/C24H35N3O3/c1-3-4-15-25(2)23(29)20-13-17-26(18-14-20)24(30)22(19-10-6-5-7-11-19)27-16-9-8-12-21(27)28/h5-7,10-11,20,22H,3-4,8-9,12-18H2,1-2H3. The van der Waals surface area contributed by atoms with E-state index >= 15 is 0 Å². The molecule has 6 heteroatoms. The van der Waals surface area contributed by atoms with Gasteiger partial charge >= 0.3 is 0 Å². The second-order valence-electron chi connectivity index (χ2n) is 8.57. The topological polar surface area (TPSA) is 60.9 Å². The molecule has 2 aliphatic heterocycles. The summed E-state index contributed by atoms with van der Waals surface area (Å²) in [5, 5.41) is 0. The number of unbranched alkanes of at least 4 members (excludes halogenated alkanes) is 1. The highest BCUT2D eigenvalue weighted by molar-refractivity contribution is 5.89. The summed E-state index contributed by atoms with van der Waals surface area (Å²) < 4.78 is 0. The molecule has 0 aromatic heterocycles. The summed E-state index contributed by atoms with van der Waals surface area (Å²) in [7, 11) is 1.88. The lowest BCUT2D eigenvalue weighted by Gasteiger charge is -2.39. The highest BCUT2D eigenvalue weighted by Gasteiger charge is 2.37. The molecule has 1 aromatic carbocycles. The van der Waals surface area contributed by atoms with Gasteiger partial charge in [0.05, 0.1) is 0 Å². The number of likely N-dealkylation sites (tertiary alicyclic amines) is 2. The van der Waals surface area contributed by atoms with Crippen LogP contribution in [-0.2, 0) is 14.4 Å². The summed E-state index contributed by atoms with van der Waals surface area (Å²) in [6.45, 7) is 4.69. The minimum atomic E-state index is -0.557. The Hall–Kier alpha value is -2.37. The molecule has 0 N–H and O–H groups in total. The van der Waals surface area contributed by atoms with Gasteiger partial charge < -0.3 is 14.7 Å². The van der Waals surface area contributed by atoms with Crippen LogP contribution in [0.25, 0.3) is 0 Å². The predicted octanol–water partition coefficient (Wildman–Crippen LogP) is 3.24. The van der Waals surface area contributed by atoms with Gasteiger partial charge in [0.1, 0.15) is 6.04 Å². The average Bonchev–Trinajstić information content (AvgIpc) is 2.79. The SMILES string of the molecule is CCCCN(C)C(=O)C1CCN(C(=O)C(c2ccccc2)N2CCCCC2=O)CC1. The largest absolute Gasteiger partial charge is 0.346 e. The average molecular weight is 414 g/mol. The molecule has 1 aromatic rings. The first-order chi connectivity index (χ1) is 14.5. The fourth-order valence-corrected chi connectivity index (χ4v) is 4.53. The van der Waals surface area contributed by atoms with Crippen LogP contribution in [-0.4, -0.2) is 65.6 Å². The summed E-state index contributed by atoms with van der Waals surface area (Å²) >= 11 is 0. The van der Waals surface area contributed by atoms with Crippen molar-refractivity contribution in [3.8, 4) is 0 Å². The number of benzene rings is 1.